The van der Waals surface area contributed by atoms with Crippen molar-refractivity contribution in [2.75, 3.05) is 26.9 Å². The van der Waals surface area contributed by atoms with Crippen molar-refractivity contribution in [1.29, 1.82) is 0 Å². The minimum Gasteiger partial charge on any atom is -0.505 e. The van der Waals surface area contributed by atoms with Crippen molar-refractivity contribution in [2.45, 2.75) is 33.5 Å². The fraction of sp³-hybridized carbons (Fsp3) is 0.440. The Kier molecular flexibility index (Phi) is 71.0. The highest BCUT2D eigenvalue weighted by Gasteiger charge is 2.45. The Labute approximate surface area is 515 Å². The molecule has 2 rings (SSSR count). The Bertz CT molecular complexity index is 1480. The molecule has 72 heavy (non-hydrogen) atoms. The zero-order chi connectivity index (χ0) is 55.8. The topological polar surface area (TPSA) is 47.9 Å². The zero-order valence-electron chi connectivity index (χ0n) is 40.3. The maximum absolute atomic E-state index is 8.70. The lowest BCUT2D eigenvalue weighted by Gasteiger charge is -2.47. The summed E-state index contributed by atoms with van der Waals surface area (Å²) in [5.41, 5.74) is 2.41. The summed E-state index contributed by atoms with van der Waals surface area (Å²) < 4.78 is 15.9. The molecule has 0 aliphatic carbocycles. The Balaban J connectivity index is 0. The van der Waals surface area contributed by atoms with Crippen LogP contribution in [-0.4, -0.2) is 32.0 Å². The van der Waals surface area contributed by atoms with Crippen LogP contribution in [0.1, 0.15) is 31.4 Å². The Morgan fingerprint density at radius 2 is 0.764 bits per heavy atom. The molecule has 0 radical (unpaired) electrons. The molecule has 0 bridgehead atoms. The molecule has 422 valence electrons. The summed E-state index contributed by atoms with van der Waals surface area (Å²) in [6.45, 7) is 8.51. The van der Waals surface area contributed by atoms with Crippen LogP contribution >= 0.6 is 346 Å². The third-order valence-electron chi connectivity index (χ3n) is 7.54. The molecule has 0 saturated heterocycles. The van der Waals surface area contributed by atoms with Crippen molar-refractivity contribution in [3.63, 3.8) is 0 Å². The standard InChI is InChI=1S/C13H18O2.C12H18O2.H24P22.H23P21/c1-12(8-9-14-2)10-15-11-13-6-4-3-5-7-13;1-11(7-8-13)9-14-10-12-5-3-2-4-6-12;1-13(2)19(14(3)4)22(20(15(5)6)16(7)8)21(17(9)10)18(11)12;1-12-18(13(2)3)21(19(14(4)5)15(6)7)20(16(8)9)17(10)11/h3-9,12H,10-11H2,1-2H3;2-6,11,13H,7-10H2,1H3;1-12H2;12H,1-11H2/t12-;11-;;/m00../s1. The number of aliphatic hydroxyl groups is 1. The van der Waals surface area contributed by atoms with E-state index >= 15 is 0 Å². The van der Waals surface area contributed by atoms with Crippen LogP contribution in [0.15, 0.2) is 73.0 Å². The van der Waals surface area contributed by atoms with Crippen LogP contribution in [-0.2, 0) is 27.4 Å². The SMILES string of the molecule is COC=C[C@H](C)COCc1ccccc1.C[C@@H](CCO)COCc1ccccc1.PP(P)P(P(P)P)P(P(P(P)P)P(P)P)P(P(P)P)P(P)P.PPP(P(P)P)P(P(P(P)P)P(P)P)P(P(P)P)P(P)P. The van der Waals surface area contributed by atoms with Gasteiger partial charge in [0.05, 0.1) is 33.2 Å². The Hall–Kier alpha value is 16.3. The van der Waals surface area contributed by atoms with Gasteiger partial charge in [0, 0.05) is 19.1 Å². The highest BCUT2D eigenvalue weighted by Crippen LogP contribution is 3.33. The van der Waals surface area contributed by atoms with E-state index in [1.807, 2.05) is 42.5 Å². The highest BCUT2D eigenvalue weighted by atomic mass is 33.4. The van der Waals surface area contributed by atoms with E-state index in [9.17, 15) is 0 Å². The summed E-state index contributed by atoms with van der Waals surface area (Å²) in [6.07, 6.45) is 4.50. The summed E-state index contributed by atoms with van der Waals surface area (Å²) >= 11 is 0. The summed E-state index contributed by atoms with van der Waals surface area (Å²) in [7, 11) is 75.8. The Morgan fingerprint density at radius 3 is 1.03 bits per heavy atom. The first-order valence-corrected chi connectivity index (χ1v) is 96.5. The second-order valence-electron chi connectivity index (χ2n) is 13.6. The molecular weight excluding hydrogens is 1700 g/mol. The first kappa shape index (κ1) is 90.4. The minimum atomic E-state index is 0.00720. The molecular formula is C25H83O4P43. The minimum absolute atomic E-state index is 0.00720. The van der Waals surface area contributed by atoms with Crippen LogP contribution in [0.25, 0.3) is 0 Å². The van der Waals surface area contributed by atoms with Gasteiger partial charge in [0.2, 0.25) is 0 Å². The van der Waals surface area contributed by atoms with E-state index in [1.54, 1.807) is 13.4 Å². The second kappa shape index (κ2) is 56.5. The number of rotatable bonds is 30. The molecule has 0 aliphatic heterocycles. The molecule has 0 heterocycles. The van der Waals surface area contributed by atoms with Crippen molar-refractivity contribution in [3.05, 3.63) is 84.1 Å². The smallest absolute Gasteiger partial charge is 0.0788 e. The van der Waals surface area contributed by atoms with Gasteiger partial charge in [-0.15, -0.1) is 205 Å². The summed E-state index contributed by atoms with van der Waals surface area (Å²) in [5.74, 6) is 0.817. The molecule has 47 heteroatoms. The van der Waals surface area contributed by atoms with E-state index in [2.05, 4.69) is 243 Å². The van der Waals surface area contributed by atoms with Crippen molar-refractivity contribution in [3.8, 4) is 0 Å². The average Bonchev–Trinajstić information content (AvgIpc) is 3.26. The quantitative estimate of drug-likeness (QED) is 0.0626. The number of aliphatic hydroxyl groups excluding tert-OH is 1. The lowest BCUT2D eigenvalue weighted by Crippen LogP contribution is -2.07. The second-order valence-corrected chi connectivity index (χ2v) is 182. The molecule has 27 atom stereocenters. The fourth-order valence-electron chi connectivity index (χ4n) is 4.63. The predicted molar refractivity (Wildman–Crippen MR) is 482 cm³/mol. The van der Waals surface area contributed by atoms with Crippen LogP contribution in [0.5, 0.6) is 0 Å². The molecule has 0 aromatic heterocycles. The summed E-state index contributed by atoms with van der Waals surface area (Å²) in [4.78, 5) is 0. The van der Waals surface area contributed by atoms with Crippen LogP contribution in [0.2, 0.25) is 0 Å². The number of hydrogen-bond donors (Lipinski definition) is 1. The normalized spacial score (nSPS) is 14.0. The molecule has 0 amide bonds. The summed E-state index contributed by atoms with van der Waals surface area (Å²) in [6, 6.07) is 20.3. The lowest BCUT2D eigenvalue weighted by atomic mass is 10.1. The van der Waals surface area contributed by atoms with E-state index < -0.39 is 0 Å². The number of methoxy groups -OCH3 is 1. The van der Waals surface area contributed by atoms with Crippen LogP contribution in [0.4, 0.5) is 0 Å². The van der Waals surface area contributed by atoms with Crippen molar-refractivity contribution < 1.29 is 19.3 Å². The van der Waals surface area contributed by atoms with Gasteiger partial charge in [-0.3, -0.25) is 0 Å². The molecule has 2 aromatic rings. The maximum atomic E-state index is 8.70. The van der Waals surface area contributed by atoms with Crippen LogP contribution in [0, 0.1) is 11.8 Å². The van der Waals surface area contributed by atoms with Crippen LogP contribution in [0.3, 0.4) is 0 Å². The van der Waals surface area contributed by atoms with Gasteiger partial charge in [-0.2, -0.15) is 0 Å². The molecule has 1 N–H and O–H groups in total. The average molecular weight is 1780 g/mol. The fourth-order valence-corrected chi connectivity index (χ4v) is 529. The summed E-state index contributed by atoms with van der Waals surface area (Å²) in [5, 5.41) is 8.70. The predicted octanol–water partition coefficient (Wildman–Crippen LogP) is 29.7. The number of ether oxygens (including phenoxy) is 3. The van der Waals surface area contributed by atoms with Gasteiger partial charge in [-0.1, -0.05) is 82.5 Å². The van der Waals surface area contributed by atoms with E-state index in [4.69, 9.17) is 19.3 Å². The van der Waals surface area contributed by atoms with Gasteiger partial charge in [-0.25, -0.2) is 0 Å². The van der Waals surface area contributed by atoms with Gasteiger partial charge >= 0.3 is 0 Å². The lowest BCUT2D eigenvalue weighted by molar-refractivity contribution is 0.0828. The van der Waals surface area contributed by atoms with Crippen molar-refractivity contribution in [1.82, 2.24) is 0 Å². The molecule has 0 spiro atoms. The molecule has 0 aliphatic rings. The van der Waals surface area contributed by atoms with Gasteiger partial charge in [0.1, 0.15) is 0 Å². The first-order chi connectivity index (χ1) is 33.6. The van der Waals surface area contributed by atoms with Gasteiger partial charge in [0.25, 0.3) is 0 Å². The molecule has 2 aromatic carbocycles. The monoisotopic (exact) mass is 1780 g/mol. The highest BCUT2D eigenvalue weighted by molar-refractivity contribution is 9.39. The van der Waals surface area contributed by atoms with Crippen molar-refractivity contribution in [2.24, 2.45) is 11.8 Å². The maximum Gasteiger partial charge on any atom is 0.0788 e. The molecule has 25 unspecified atom stereocenters. The third-order valence-corrected chi connectivity index (χ3v) is 277. The third kappa shape index (κ3) is 42.7. The molecule has 4 nitrogen and oxygen atoms in total. The van der Waals surface area contributed by atoms with Gasteiger partial charge in [0.15, 0.2) is 0 Å². The van der Waals surface area contributed by atoms with E-state index in [0.717, 1.165) is 27.6 Å². The van der Waals surface area contributed by atoms with Gasteiger partial charge < -0.3 is 19.3 Å². The van der Waals surface area contributed by atoms with E-state index in [-0.39, 0.29) is 139 Å². The number of benzene rings is 2. The number of hydrogen-bond acceptors (Lipinski definition) is 4. The first-order valence-electron chi connectivity index (χ1n) is 19.8. The van der Waals surface area contributed by atoms with Gasteiger partial charge in [-0.05, 0) is 162 Å². The molecule has 0 saturated carbocycles. The Morgan fingerprint density at radius 1 is 0.458 bits per heavy atom. The largest absolute Gasteiger partial charge is 0.505 e. The van der Waals surface area contributed by atoms with E-state index in [1.165, 1.54) is 11.1 Å². The molecule has 0 fully saturated rings. The van der Waals surface area contributed by atoms with Crippen LogP contribution < -0.4 is 0 Å². The van der Waals surface area contributed by atoms with E-state index in [0.29, 0.717) is 25.0 Å². The van der Waals surface area contributed by atoms with Crippen molar-refractivity contribution >= 4 is 346 Å². The zero-order valence-corrected chi connectivity index (χ0v) is 84.8.